The second kappa shape index (κ2) is 16.0. The zero-order valence-electron chi connectivity index (χ0n) is 20.2. The van der Waals surface area contributed by atoms with Gasteiger partial charge in [0.2, 0.25) is 0 Å². The van der Waals surface area contributed by atoms with Crippen LogP contribution < -0.4 is 5.11 Å². The Morgan fingerprint density at radius 3 is 1.84 bits per heavy atom. The smallest absolute Gasteiger partial charge is 0.197 e. The summed E-state index contributed by atoms with van der Waals surface area (Å²) in [6.45, 7) is 2.13. The molecule has 1 unspecified atom stereocenters. The van der Waals surface area contributed by atoms with E-state index < -0.39 is 23.8 Å². The third-order valence-electron chi connectivity index (χ3n) is 5.17. The highest BCUT2D eigenvalue weighted by molar-refractivity contribution is 5.99. The molecule has 6 heteroatoms. The number of carboxylic acid groups (broad SMARTS) is 1. The highest BCUT2D eigenvalue weighted by Crippen LogP contribution is 2.17. The van der Waals surface area contributed by atoms with E-state index in [0.29, 0.717) is 0 Å². The van der Waals surface area contributed by atoms with Gasteiger partial charge in [-0.2, -0.15) is 0 Å². The molecule has 0 aliphatic carbocycles. The average Bonchev–Trinajstić information content (AvgIpc) is 2.63. The summed E-state index contributed by atoms with van der Waals surface area (Å²) in [6.07, 6.45) is 18.1. The van der Waals surface area contributed by atoms with Crippen molar-refractivity contribution in [3.8, 4) is 0 Å². The van der Waals surface area contributed by atoms with Gasteiger partial charge in [-0.15, -0.1) is 0 Å². The predicted molar refractivity (Wildman–Crippen MR) is 123 cm³/mol. The Hall–Kier alpha value is -1.66. The number of carbonyl (C=O) groups is 2. The van der Waals surface area contributed by atoms with E-state index in [1.807, 2.05) is 0 Å². The molecule has 0 radical (unpaired) electrons. The summed E-state index contributed by atoms with van der Waals surface area (Å²) >= 11 is 0. The van der Waals surface area contributed by atoms with Crippen molar-refractivity contribution >= 4 is 11.8 Å². The molecule has 0 aliphatic rings. The molecule has 0 heterocycles. The molecule has 31 heavy (non-hydrogen) atoms. The summed E-state index contributed by atoms with van der Waals surface area (Å²) < 4.78 is 0.193. The van der Waals surface area contributed by atoms with Crippen LogP contribution in [0, 0.1) is 0 Å². The van der Waals surface area contributed by atoms with Crippen molar-refractivity contribution < 1.29 is 29.4 Å². The summed E-state index contributed by atoms with van der Waals surface area (Å²) in [7, 11) is 5.22. The number of nitrogens with zero attached hydrogens (tertiary/aromatic N) is 1. The Balaban J connectivity index is 4.22. The van der Waals surface area contributed by atoms with E-state index in [1.54, 1.807) is 27.2 Å². The van der Waals surface area contributed by atoms with Crippen molar-refractivity contribution in [1.29, 1.82) is 0 Å². The Bertz CT molecular complexity index is 577. The lowest BCUT2D eigenvalue weighted by Gasteiger charge is -2.34. The van der Waals surface area contributed by atoms with Crippen LogP contribution in [-0.4, -0.2) is 59.7 Å². The van der Waals surface area contributed by atoms with E-state index in [9.17, 15) is 24.9 Å². The lowest BCUT2D eigenvalue weighted by atomic mass is 9.92. The molecule has 0 aromatic heterocycles. The van der Waals surface area contributed by atoms with Crippen LogP contribution in [0.15, 0.2) is 24.0 Å². The van der Waals surface area contributed by atoms with Gasteiger partial charge < -0.3 is 24.6 Å². The first-order chi connectivity index (χ1) is 14.5. The number of hydrogen-bond acceptors (Lipinski definition) is 5. The fourth-order valence-corrected chi connectivity index (χ4v) is 3.69. The van der Waals surface area contributed by atoms with Gasteiger partial charge in [0.1, 0.15) is 12.3 Å². The molecular formula is C25H45NO5. The number of rotatable bonds is 19. The molecule has 0 amide bonds. The number of allylic oxidation sites excluding steroid dienone is 2. The van der Waals surface area contributed by atoms with Crippen LogP contribution in [0.25, 0.3) is 0 Å². The summed E-state index contributed by atoms with van der Waals surface area (Å²) in [5.41, 5.74) is -2.12. The van der Waals surface area contributed by atoms with Gasteiger partial charge in [0.15, 0.2) is 11.4 Å². The van der Waals surface area contributed by atoms with Crippen molar-refractivity contribution in [2.45, 2.75) is 96.0 Å². The summed E-state index contributed by atoms with van der Waals surface area (Å²) in [6, 6.07) is 0. The predicted octanol–water partition coefficient (Wildman–Crippen LogP) is 3.83. The van der Waals surface area contributed by atoms with E-state index in [4.69, 9.17) is 0 Å². The molecule has 1 atom stereocenters. The van der Waals surface area contributed by atoms with E-state index in [-0.39, 0.29) is 16.8 Å². The van der Waals surface area contributed by atoms with Crippen LogP contribution in [-0.2, 0) is 9.59 Å². The molecule has 0 bridgehead atoms. The molecule has 0 fully saturated rings. The van der Waals surface area contributed by atoms with Crippen LogP contribution in [0.1, 0.15) is 90.4 Å². The maximum Gasteiger partial charge on any atom is 0.197 e. The van der Waals surface area contributed by atoms with Gasteiger partial charge in [-0.1, -0.05) is 77.2 Å². The Kier molecular flexibility index (Phi) is 15.2. The van der Waals surface area contributed by atoms with Crippen LogP contribution in [0.5, 0.6) is 0 Å². The monoisotopic (exact) mass is 439 g/mol. The fraction of sp³-hybridized carbons (Fsp3) is 0.760. The number of hydrogen-bond donors (Lipinski definition) is 2. The zero-order chi connectivity index (χ0) is 23.8. The van der Waals surface area contributed by atoms with Crippen molar-refractivity contribution in [2.24, 2.45) is 0 Å². The number of carbonyl (C=O) groups excluding carboxylic acids is 2. The molecule has 0 spiro atoms. The van der Waals surface area contributed by atoms with Gasteiger partial charge in [0.05, 0.1) is 21.1 Å². The maximum absolute atomic E-state index is 12.4. The topological polar surface area (TPSA) is 97.7 Å². The fourth-order valence-electron chi connectivity index (χ4n) is 3.69. The number of aliphatic hydroxyl groups is 2. The van der Waals surface area contributed by atoms with E-state index in [2.05, 4.69) is 6.92 Å². The molecular weight excluding hydrogens is 394 g/mol. The van der Waals surface area contributed by atoms with Gasteiger partial charge in [-0.3, -0.25) is 4.79 Å². The van der Waals surface area contributed by atoms with Crippen molar-refractivity contribution in [3.05, 3.63) is 24.0 Å². The third kappa shape index (κ3) is 16.7. The number of aliphatic hydroxyl groups excluding tert-OH is 1. The quantitative estimate of drug-likeness (QED) is 0.105. The van der Waals surface area contributed by atoms with E-state index in [0.717, 1.165) is 25.3 Å². The average molecular weight is 440 g/mol. The normalized spacial score (nSPS) is 14.7. The van der Waals surface area contributed by atoms with Crippen LogP contribution in [0.2, 0.25) is 0 Å². The maximum atomic E-state index is 12.4. The third-order valence-corrected chi connectivity index (χ3v) is 5.17. The second-order valence-corrected chi connectivity index (χ2v) is 9.69. The highest BCUT2D eigenvalue weighted by Gasteiger charge is 2.40. The standard InChI is InChI=1S/C25H45NO5/c1-5-6-7-8-9-10-11-12-13-14-15-16-17-18-22(27)19-23(28)25(31,20-24(29)30)21-26(2,3)4/h17-19,31H,5-16,20-21H2,1-4H3,(H-,27,28,29,30). The SMILES string of the molecule is CCCCCCCCCCCCCC=CC(O)=CC(=O)C(O)(CC(=O)[O-])C[N+](C)(C)C. The molecule has 0 saturated carbocycles. The number of ketones is 1. The Morgan fingerprint density at radius 2 is 1.39 bits per heavy atom. The number of quaternary nitrogens is 1. The molecule has 0 aromatic carbocycles. The Labute approximate surface area is 189 Å². The second-order valence-electron chi connectivity index (χ2n) is 9.69. The van der Waals surface area contributed by atoms with Gasteiger partial charge in [0.25, 0.3) is 0 Å². The molecule has 180 valence electrons. The van der Waals surface area contributed by atoms with Gasteiger partial charge in [-0.25, -0.2) is 0 Å². The molecule has 0 aliphatic heterocycles. The number of likely N-dealkylation sites (N-methyl/N-ethyl adjacent to an activating group) is 1. The van der Waals surface area contributed by atoms with Crippen molar-refractivity contribution in [2.75, 3.05) is 27.7 Å². The number of aliphatic carboxylic acids is 1. The molecule has 0 saturated heterocycles. The van der Waals surface area contributed by atoms with E-state index in [1.165, 1.54) is 63.9 Å². The van der Waals surface area contributed by atoms with Crippen LogP contribution in [0.4, 0.5) is 0 Å². The lowest BCUT2D eigenvalue weighted by Crippen LogP contribution is -2.55. The van der Waals surface area contributed by atoms with Gasteiger partial charge >= 0.3 is 0 Å². The number of unbranched alkanes of at least 4 members (excludes halogenated alkanes) is 11. The number of carboxylic acids is 1. The van der Waals surface area contributed by atoms with E-state index >= 15 is 0 Å². The van der Waals surface area contributed by atoms with Gasteiger partial charge in [0, 0.05) is 18.5 Å². The van der Waals surface area contributed by atoms with Gasteiger partial charge in [-0.05, 0) is 18.9 Å². The van der Waals surface area contributed by atoms with Crippen molar-refractivity contribution in [3.63, 3.8) is 0 Å². The minimum atomic E-state index is -2.12. The minimum absolute atomic E-state index is 0.105. The first-order valence-corrected chi connectivity index (χ1v) is 11.8. The minimum Gasteiger partial charge on any atom is -0.550 e. The van der Waals surface area contributed by atoms with Crippen LogP contribution >= 0.6 is 0 Å². The summed E-state index contributed by atoms with van der Waals surface area (Å²) in [5.74, 6) is -2.63. The summed E-state index contributed by atoms with van der Waals surface area (Å²) in [5, 5.41) is 31.5. The molecule has 6 nitrogen and oxygen atoms in total. The largest absolute Gasteiger partial charge is 0.550 e. The van der Waals surface area contributed by atoms with Crippen molar-refractivity contribution in [1.82, 2.24) is 0 Å². The molecule has 0 rings (SSSR count). The zero-order valence-corrected chi connectivity index (χ0v) is 20.2. The first-order valence-electron chi connectivity index (χ1n) is 11.8. The molecule has 0 aromatic rings. The van der Waals surface area contributed by atoms with Crippen LogP contribution in [0.3, 0.4) is 0 Å². The molecule has 2 N–H and O–H groups in total. The summed E-state index contributed by atoms with van der Waals surface area (Å²) in [4.78, 5) is 23.4. The Morgan fingerprint density at radius 1 is 0.903 bits per heavy atom. The lowest BCUT2D eigenvalue weighted by molar-refractivity contribution is -0.875. The first kappa shape index (κ1) is 29.3. The highest BCUT2D eigenvalue weighted by atomic mass is 16.4.